The van der Waals surface area contributed by atoms with Crippen LogP contribution in [0.2, 0.25) is 0 Å². The van der Waals surface area contributed by atoms with Crippen molar-refractivity contribution in [3.8, 4) is 0 Å². The van der Waals surface area contributed by atoms with E-state index >= 15 is 0 Å². The molecule has 0 aromatic heterocycles. The van der Waals surface area contributed by atoms with Gasteiger partial charge in [0.25, 0.3) is 0 Å². The van der Waals surface area contributed by atoms with Gasteiger partial charge in [-0.05, 0) is 62.9 Å². The summed E-state index contributed by atoms with van der Waals surface area (Å²) in [5.74, 6) is 3.58. The quantitative estimate of drug-likeness (QED) is 0.797. The minimum atomic E-state index is 0.842. The molecule has 0 aromatic rings. The van der Waals surface area contributed by atoms with Gasteiger partial charge in [0, 0.05) is 13.2 Å². The van der Waals surface area contributed by atoms with Gasteiger partial charge in [0.1, 0.15) is 0 Å². The zero-order valence-electron chi connectivity index (χ0n) is 10.9. The van der Waals surface area contributed by atoms with E-state index in [2.05, 4.69) is 19.3 Å². The summed E-state index contributed by atoms with van der Waals surface area (Å²) in [5.41, 5.74) is 0. The summed E-state index contributed by atoms with van der Waals surface area (Å²) in [6, 6.07) is 0. The fourth-order valence-corrected chi connectivity index (χ4v) is 3.68. The second kappa shape index (κ2) is 6.02. The van der Waals surface area contributed by atoms with Crippen LogP contribution in [0.1, 0.15) is 39.0 Å². The first-order chi connectivity index (χ1) is 7.81. The van der Waals surface area contributed by atoms with Crippen LogP contribution in [0.3, 0.4) is 0 Å². The van der Waals surface area contributed by atoms with Gasteiger partial charge in [-0.15, -0.1) is 0 Å². The molecule has 2 fully saturated rings. The van der Waals surface area contributed by atoms with E-state index in [1.54, 1.807) is 0 Å². The van der Waals surface area contributed by atoms with Gasteiger partial charge in [0.05, 0.1) is 0 Å². The largest absolute Gasteiger partial charge is 0.381 e. The molecular formula is C14H27NO. The smallest absolute Gasteiger partial charge is 0.0497 e. The average Bonchev–Trinajstić information content (AvgIpc) is 2.33. The van der Waals surface area contributed by atoms with Crippen molar-refractivity contribution in [3.05, 3.63) is 0 Å². The SMILES string of the molecule is CNCC1CCC(C)CC1C1CCCOC1. The minimum Gasteiger partial charge on any atom is -0.381 e. The number of rotatable bonds is 3. The van der Waals surface area contributed by atoms with E-state index < -0.39 is 0 Å². The van der Waals surface area contributed by atoms with Crippen LogP contribution in [0.4, 0.5) is 0 Å². The first-order valence-corrected chi connectivity index (χ1v) is 7.03. The average molecular weight is 225 g/mol. The molecule has 1 aliphatic heterocycles. The molecule has 4 unspecified atom stereocenters. The topological polar surface area (TPSA) is 21.3 Å². The molecule has 2 rings (SSSR count). The van der Waals surface area contributed by atoms with Gasteiger partial charge in [-0.3, -0.25) is 0 Å². The summed E-state index contributed by atoms with van der Waals surface area (Å²) in [7, 11) is 2.09. The Morgan fingerprint density at radius 3 is 2.81 bits per heavy atom. The molecule has 4 atom stereocenters. The van der Waals surface area contributed by atoms with Crippen LogP contribution in [0.15, 0.2) is 0 Å². The van der Waals surface area contributed by atoms with Crippen LogP contribution in [0, 0.1) is 23.7 Å². The van der Waals surface area contributed by atoms with Gasteiger partial charge >= 0.3 is 0 Å². The van der Waals surface area contributed by atoms with Crippen molar-refractivity contribution in [2.24, 2.45) is 23.7 Å². The first kappa shape index (κ1) is 12.4. The zero-order chi connectivity index (χ0) is 11.4. The summed E-state index contributed by atoms with van der Waals surface area (Å²) in [5, 5.41) is 3.38. The highest BCUT2D eigenvalue weighted by molar-refractivity contribution is 4.85. The van der Waals surface area contributed by atoms with Crippen molar-refractivity contribution < 1.29 is 4.74 Å². The predicted octanol–water partition coefficient (Wildman–Crippen LogP) is 2.68. The molecule has 0 radical (unpaired) electrons. The fraction of sp³-hybridized carbons (Fsp3) is 1.00. The maximum absolute atomic E-state index is 5.68. The van der Waals surface area contributed by atoms with Crippen LogP contribution in [0.5, 0.6) is 0 Å². The molecule has 1 N–H and O–H groups in total. The lowest BCUT2D eigenvalue weighted by Crippen LogP contribution is -2.38. The number of ether oxygens (including phenoxy) is 1. The summed E-state index contributed by atoms with van der Waals surface area (Å²) in [6.45, 7) is 5.65. The minimum absolute atomic E-state index is 0.842. The maximum Gasteiger partial charge on any atom is 0.0497 e. The van der Waals surface area contributed by atoms with E-state index in [0.717, 1.165) is 36.9 Å². The van der Waals surface area contributed by atoms with Crippen molar-refractivity contribution in [3.63, 3.8) is 0 Å². The van der Waals surface area contributed by atoms with Crippen LogP contribution >= 0.6 is 0 Å². The Kier molecular flexibility index (Phi) is 4.66. The molecule has 0 spiro atoms. The van der Waals surface area contributed by atoms with Gasteiger partial charge in [-0.1, -0.05) is 13.3 Å². The third-order valence-electron chi connectivity index (χ3n) is 4.58. The van der Waals surface area contributed by atoms with E-state index in [1.807, 2.05) is 0 Å². The normalized spacial score (nSPS) is 40.9. The van der Waals surface area contributed by atoms with E-state index in [1.165, 1.54) is 38.6 Å². The summed E-state index contributed by atoms with van der Waals surface area (Å²) in [4.78, 5) is 0. The molecule has 94 valence electrons. The lowest BCUT2D eigenvalue weighted by Gasteiger charge is -2.41. The molecule has 16 heavy (non-hydrogen) atoms. The molecular weight excluding hydrogens is 198 g/mol. The van der Waals surface area contributed by atoms with Crippen LogP contribution in [0.25, 0.3) is 0 Å². The van der Waals surface area contributed by atoms with Gasteiger partial charge in [0.2, 0.25) is 0 Å². The van der Waals surface area contributed by atoms with E-state index in [9.17, 15) is 0 Å². The van der Waals surface area contributed by atoms with Crippen LogP contribution < -0.4 is 5.32 Å². The third-order valence-corrected chi connectivity index (χ3v) is 4.58. The Balaban J connectivity index is 1.95. The highest BCUT2D eigenvalue weighted by Gasteiger charge is 2.34. The van der Waals surface area contributed by atoms with Crippen molar-refractivity contribution in [2.45, 2.75) is 39.0 Å². The summed E-state index contributed by atoms with van der Waals surface area (Å²) in [6.07, 6.45) is 6.96. The molecule has 2 aliphatic rings. The van der Waals surface area contributed by atoms with E-state index in [0.29, 0.717) is 0 Å². The molecule has 1 saturated heterocycles. The standard InChI is InChI=1S/C14H27NO/c1-11-5-6-12(9-15-2)14(8-11)13-4-3-7-16-10-13/h11-15H,3-10H2,1-2H3. The van der Waals surface area contributed by atoms with Crippen LogP contribution in [-0.4, -0.2) is 26.8 Å². The third kappa shape index (κ3) is 2.98. The second-order valence-corrected chi connectivity index (χ2v) is 5.88. The summed E-state index contributed by atoms with van der Waals surface area (Å²) >= 11 is 0. The number of hydrogen-bond acceptors (Lipinski definition) is 2. The number of nitrogens with one attached hydrogen (secondary N) is 1. The Morgan fingerprint density at radius 2 is 2.12 bits per heavy atom. The first-order valence-electron chi connectivity index (χ1n) is 7.03. The van der Waals surface area contributed by atoms with Gasteiger partial charge in [-0.25, -0.2) is 0 Å². The molecule has 0 aromatic carbocycles. The highest BCUT2D eigenvalue weighted by atomic mass is 16.5. The van der Waals surface area contributed by atoms with Crippen LogP contribution in [-0.2, 0) is 4.74 Å². The molecule has 1 saturated carbocycles. The molecule has 2 nitrogen and oxygen atoms in total. The fourth-order valence-electron chi connectivity index (χ4n) is 3.68. The van der Waals surface area contributed by atoms with Gasteiger partial charge in [0.15, 0.2) is 0 Å². The van der Waals surface area contributed by atoms with Crippen molar-refractivity contribution in [2.75, 3.05) is 26.8 Å². The predicted molar refractivity (Wildman–Crippen MR) is 67.5 cm³/mol. The van der Waals surface area contributed by atoms with Crippen molar-refractivity contribution in [1.82, 2.24) is 5.32 Å². The van der Waals surface area contributed by atoms with Crippen molar-refractivity contribution >= 4 is 0 Å². The van der Waals surface area contributed by atoms with Gasteiger partial charge in [-0.2, -0.15) is 0 Å². The monoisotopic (exact) mass is 225 g/mol. The molecule has 2 heteroatoms. The van der Waals surface area contributed by atoms with E-state index in [4.69, 9.17) is 4.74 Å². The Labute approximate surface area is 100 Å². The molecule has 0 bridgehead atoms. The number of hydrogen-bond donors (Lipinski definition) is 1. The maximum atomic E-state index is 5.68. The van der Waals surface area contributed by atoms with E-state index in [-0.39, 0.29) is 0 Å². The van der Waals surface area contributed by atoms with Gasteiger partial charge < -0.3 is 10.1 Å². The Bertz CT molecular complexity index is 196. The molecule has 0 amide bonds. The summed E-state index contributed by atoms with van der Waals surface area (Å²) < 4.78 is 5.68. The Morgan fingerprint density at radius 1 is 1.25 bits per heavy atom. The molecule has 1 heterocycles. The second-order valence-electron chi connectivity index (χ2n) is 5.88. The lowest BCUT2D eigenvalue weighted by atomic mass is 9.68. The van der Waals surface area contributed by atoms with Crippen molar-refractivity contribution in [1.29, 1.82) is 0 Å². The zero-order valence-corrected chi connectivity index (χ0v) is 10.9. The lowest BCUT2D eigenvalue weighted by molar-refractivity contribution is -0.00103. The molecule has 1 aliphatic carbocycles. The highest BCUT2D eigenvalue weighted by Crippen LogP contribution is 2.40. The Hall–Kier alpha value is -0.0800.